The Morgan fingerprint density at radius 2 is 1.70 bits per heavy atom. The van der Waals surface area contributed by atoms with Gasteiger partial charge in [-0.2, -0.15) is 13.2 Å². The van der Waals surface area contributed by atoms with Crippen molar-refractivity contribution >= 4 is 0 Å². The Morgan fingerprint density at radius 1 is 1.05 bits per heavy atom. The second-order valence-electron chi connectivity index (χ2n) is 3.92. The molecule has 0 amide bonds. The molecule has 0 unspecified atom stereocenters. The highest BCUT2D eigenvalue weighted by molar-refractivity contribution is 5.36. The van der Waals surface area contributed by atoms with Crippen molar-refractivity contribution < 1.29 is 22.3 Å². The molecule has 0 radical (unpaired) electrons. The number of hydrogen-bond acceptors (Lipinski definition) is 2. The first-order valence-corrected chi connectivity index (χ1v) is 5.54. The van der Waals surface area contributed by atoms with Gasteiger partial charge in [0.15, 0.2) is 6.61 Å². The van der Waals surface area contributed by atoms with Gasteiger partial charge in [-0.3, -0.25) is 4.79 Å². The minimum absolute atomic E-state index is 0.217. The van der Waals surface area contributed by atoms with Gasteiger partial charge in [0, 0.05) is 6.07 Å². The normalized spacial score (nSPS) is 11.4. The van der Waals surface area contributed by atoms with Crippen LogP contribution in [0, 0.1) is 5.82 Å². The van der Waals surface area contributed by atoms with Crippen molar-refractivity contribution in [1.29, 1.82) is 0 Å². The third-order valence-corrected chi connectivity index (χ3v) is 2.39. The molecular weight excluding hydrogens is 278 g/mol. The van der Waals surface area contributed by atoms with Crippen molar-refractivity contribution in [3.8, 4) is 11.6 Å². The molecule has 1 aromatic carbocycles. The minimum Gasteiger partial charge on any atom is -0.469 e. The van der Waals surface area contributed by atoms with Crippen molar-refractivity contribution in [3.63, 3.8) is 0 Å². The number of aromatic nitrogens is 1. The Balaban J connectivity index is 2.41. The van der Waals surface area contributed by atoms with Crippen molar-refractivity contribution in [2.45, 2.75) is 6.18 Å². The van der Waals surface area contributed by atoms with Crippen molar-refractivity contribution in [1.82, 2.24) is 4.57 Å². The molecule has 0 aliphatic rings. The van der Waals surface area contributed by atoms with E-state index in [1.807, 2.05) is 0 Å². The van der Waals surface area contributed by atoms with E-state index in [9.17, 15) is 22.4 Å². The summed E-state index contributed by atoms with van der Waals surface area (Å²) in [5.74, 6) is -0.781. The molecule has 1 aromatic heterocycles. The maximum absolute atomic E-state index is 12.8. The standard InChI is InChI=1S/C13H9F4NO2/c14-9-4-6-10(7-5-9)18-11(19)2-1-3-12(18)20-8-13(15,16)17/h1-7H,8H2. The lowest BCUT2D eigenvalue weighted by Gasteiger charge is -2.14. The van der Waals surface area contributed by atoms with Gasteiger partial charge >= 0.3 is 6.18 Å². The molecule has 3 nitrogen and oxygen atoms in total. The molecule has 1 heterocycles. The lowest BCUT2D eigenvalue weighted by Crippen LogP contribution is -2.24. The number of alkyl halides is 3. The Bertz CT molecular complexity index is 647. The van der Waals surface area contributed by atoms with Crippen molar-refractivity contribution in [2.75, 3.05) is 6.61 Å². The van der Waals surface area contributed by atoms with Gasteiger partial charge in [0.25, 0.3) is 5.56 Å². The van der Waals surface area contributed by atoms with Gasteiger partial charge < -0.3 is 4.74 Å². The van der Waals surface area contributed by atoms with E-state index in [1.165, 1.54) is 30.3 Å². The summed E-state index contributed by atoms with van der Waals surface area (Å²) >= 11 is 0. The summed E-state index contributed by atoms with van der Waals surface area (Å²) in [4.78, 5) is 11.8. The Kier molecular flexibility index (Phi) is 3.78. The summed E-state index contributed by atoms with van der Waals surface area (Å²) < 4.78 is 54.9. The summed E-state index contributed by atoms with van der Waals surface area (Å²) in [6.07, 6.45) is -4.51. The van der Waals surface area contributed by atoms with Gasteiger partial charge in [-0.25, -0.2) is 8.96 Å². The van der Waals surface area contributed by atoms with E-state index < -0.39 is 24.2 Å². The van der Waals surface area contributed by atoms with Gasteiger partial charge in [-0.05, 0) is 30.3 Å². The number of benzene rings is 1. The number of rotatable bonds is 3. The van der Waals surface area contributed by atoms with Crippen LogP contribution in [0.3, 0.4) is 0 Å². The highest BCUT2D eigenvalue weighted by Crippen LogP contribution is 2.20. The average molecular weight is 287 g/mol. The largest absolute Gasteiger partial charge is 0.469 e. The third-order valence-electron chi connectivity index (χ3n) is 2.39. The molecule has 0 spiro atoms. The molecular formula is C13H9F4NO2. The first kappa shape index (κ1) is 14.1. The van der Waals surface area contributed by atoms with Crippen LogP contribution in [-0.4, -0.2) is 17.4 Å². The Morgan fingerprint density at radius 3 is 2.30 bits per heavy atom. The second-order valence-corrected chi connectivity index (χ2v) is 3.92. The molecule has 0 bridgehead atoms. The number of halogens is 4. The first-order chi connectivity index (χ1) is 9.37. The molecule has 106 valence electrons. The smallest absolute Gasteiger partial charge is 0.422 e. The van der Waals surface area contributed by atoms with Crippen LogP contribution in [-0.2, 0) is 0 Å². The quantitative estimate of drug-likeness (QED) is 0.813. The average Bonchev–Trinajstić information content (AvgIpc) is 2.37. The van der Waals surface area contributed by atoms with E-state index in [-0.39, 0.29) is 11.6 Å². The predicted molar refractivity (Wildman–Crippen MR) is 63.5 cm³/mol. The van der Waals surface area contributed by atoms with Crippen LogP contribution in [0.2, 0.25) is 0 Å². The number of ether oxygens (including phenoxy) is 1. The van der Waals surface area contributed by atoms with Gasteiger partial charge in [0.1, 0.15) is 5.82 Å². The van der Waals surface area contributed by atoms with Crippen molar-refractivity contribution in [3.05, 3.63) is 58.6 Å². The summed E-state index contributed by atoms with van der Waals surface area (Å²) in [6.45, 7) is -1.52. The van der Waals surface area contributed by atoms with Crippen LogP contribution in [0.4, 0.5) is 17.6 Å². The molecule has 0 fully saturated rings. The SMILES string of the molecule is O=c1cccc(OCC(F)(F)F)n1-c1ccc(F)cc1. The molecule has 20 heavy (non-hydrogen) atoms. The van der Waals surface area contributed by atoms with Gasteiger partial charge in [-0.1, -0.05) is 6.07 Å². The molecule has 0 N–H and O–H groups in total. The molecule has 0 aliphatic carbocycles. The van der Waals surface area contributed by atoms with Gasteiger partial charge in [-0.15, -0.1) is 0 Å². The van der Waals surface area contributed by atoms with Gasteiger partial charge in [0.05, 0.1) is 5.69 Å². The van der Waals surface area contributed by atoms with E-state index >= 15 is 0 Å². The van der Waals surface area contributed by atoms with Gasteiger partial charge in [0.2, 0.25) is 5.88 Å². The Labute approximate surface area is 111 Å². The van der Waals surface area contributed by atoms with Crippen LogP contribution in [0.5, 0.6) is 5.88 Å². The molecule has 0 atom stereocenters. The molecule has 0 saturated carbocycles. The number of nitrogens with zero attached hydrogens (tertiary/aromatic N) is 1. The van der Waals surface area contributed by atoms with E-state index in [0.717, 1.165) is 16.7 Å². The zero-order valence-electron chi connectivity index (χ0n) is 10.0. The predicted octanol–water partition coefficient (Wildman–Crippen LogP) is 2.92. The zero-order chi connectivity index (χ0) is 14.8. The zero-order valence-corrected chi connectivity index (χ0v) is 10.0. The molecule has 0 aliphatic heterocycles. The lowest BCUT2D eigenvalue weighted by molar-refractivity contribution is -0.154. The van der Waals surface area contributed by atoms with Crippen molar-refractivity contribution in [2.24, 2.45) is 0 Å². The number of hydrogen-bond donors (Lipinski definition) is 0. The highest BCUT2D eigenvalue weighted by atomic mass is 19.4. The van der Waals surface area contributed by atoms with Crippen LogP contribution < -0.4 is 10.3 Å². The molecule has 0 saturated heterocycles. The summed E-state index contributed by atoms with van der Waals surface area (Å²) in [5, 5.41) is 0. The van der Waals surface area contributed by atoms with E-state index in [1.54, 1.807) is 0 Å². The van der Waals surface area contributed by atoms with Crippen LogP contribution in [0.1, 0.15) is 0 Å². The lowest BCUT2D eigenvalue weighted by atomic mass is 10.3. The number of pyridine rings is 1. The summed E-state index contributed by atoms with van der Waals surface area (Å²) in [7, 11) is 0. The van der Waals surface area contributed by atoms with Crippen LogP contribution in [0.15, 0.2) is 47.3 Å². The fourth-order valence-electron chi connectivity index (χ4n) is 1.58. The molecule has 7 heteroatoms. The monoisotopic (exact) mass is 287 g/mol. The van der Waals surface area contributed by atoms with E-state index in [0.29, 0.717) is 0 Å². The first-order valence-electron chi connectivity index (χ1n) is 5.54. The summed E-state index contributed by atoms with van der Waals surface area (Å²) in [6, 6.07) is 8.44. The Hall–Kier alpha value is -2.31. The fraction of sp³-hybridized carbons (Fsp3) is 0.154. The topological polar surface area (TPSA) is 31.2 Å². The van der Waals surface area contributed by atoms with Crippen LogP contribution in [0.25, 0.3) is 5.69 Å². The van der Waals surface area contributed by atoms with E-state index in [2.05, 4.69) is 4.74 Å². The van der Waals surface area contributed by atoms with Crippen LogP contribution >= 0.6 is 0 Å². The highest BCUT2D eigenvalue weighted by Gasteiger charge is 2.29. The summed E-state index contributed by atoms with van der Waals surface area (Å²) in [5.41, 5.74) is -0.356. The molecule has 2 aromatic rings. The third kappa shape index (κ3) is 3.37. The fourth-order valence-corrected chi connectivity index (χ4v) is 1.58. The molecule has 2 rings (SSSR count). The minimum atomic E-state index is -4.51. The maximum atomic E-state index is 12.8. The van der Waals surface area contributed by atoms with E-state index in [4.69, 9.17) is 0 Å². The second kappa shape index (κ2) is 5.36. The maximum Gasteiger partial charge on any atom is 0.422 e.